The van der Waals surface area contributed by atoms with Gasteiger partial charge in [0.25, 0.3) is 11.8 Å². The van der Waals surface area contributed by atoms with Gasteiger partial charge in [-0.25, -0.2) is 9.18 Å². The van der Waals surface area contributed by atoms with Crippen LogP contribution in [0.15, 0.2) is 48.5 Å². The SMILES string of the molecule is O=C1NC(=O)C2(CC(C(=O)Nc3ccccc3)Oc3ccc(F)cc32)N1. The van der Waals surface area contributed by atoms with Crippen molar-refractivity contribution < 1.29 is 23.5 Å². The fourth-order valence-corrected chi connectivity index (χ4v) is 3.24. The van der Waals surface area contributed by atoms with Crippen molar-refractivity contribution in [3.05, 3.63) is 59.9 Å². The van der Waals surface area contributed by atoms with Crippen molar-refractivity contribution in [1.82, 2.24) is 10.6 Å². The minimum Gasteiger partial charge on any atom is -0.480 e. The number of hydrogen-bond donors (Lipinski definition) is 3. The second-order valence-corrected chi connectivity index (χ2v) is 6.12. The second kappa shape index (κ2) is 5.83. The van der Waals surface area contributed by atoms with Crippen LogP contribution in [0.2, 0.25) is 0 Å². The number of hydrogen-bond acceptors (Lipinski definition) is 4. The molecule has 132 valence electrons. The second-order valence-electron chi connectivity index (χ2n) is 6.12. The highest BCUT2D eigenvalue weighted by atomic mass is 19.1. The highest BCUT2D eigenvalue weighted by Gasteiger charge is 2.54. The van der Waals surface area contributed by atoms with Crippen LogP contribution in [0.4, 0.5) is 14.9 Å². The molecule has 2 heterocycles. The standard InChI is InChI=1S/C18H14FN3O4/c19-10-6-7-13-12(8-10)18(16(24)21-17(25)22-18)9-14(26-13)15(23)20-11-4-2-1-3-5-11/h1-8,14H,9H2,(H,20,23)(H2,21,22,24,25). The highest BCUT2D eigenvalue weighted by Crippen LogP contribution is 2.41. The Bertz CT molecular complexity index is 918. The predicted molar refractivity (Wildman–Crippen MR) is 88.9 cm³/mol. The molecule has 0 aromatic heterocycles. The average molecular weight is 355 g/mol. The van der Waals surface area contributed by atoms with Crippen LogP contribution >= 0.6 is 0 Å². The summed E-state index contributed by atoms with van der Waals surface area (Å²) in [6, 6.07) is 11.7. The Balaban J connectivity index is 1.70. The van der Waals surface area contributed by atoms with Crippen molar-refractivity contribution in [2.75, 3.05) is 5.32 Å². The smallest absolute Gasteiger partial charge is 0.322 e. The summed E-state index contributed by atoms with van der Waals surface area (Å²) in [5, 5.41) is 7.38. The number of carbonyl (C=O) groups is 3. The largest absolute Gasteiger partial charge is 0.480 e. The zero-order valence-electron chi connectivity index (χ0n) is 13.4. The number of anilines is 1. The van der Waals surface area contributed by atoms with Gasteiger partial charge in [0.15, 0.2) is 11.6 Å². The molecule has 2 aliphatic heterocycles. The zero-order valence-corrected chi connectivity index (χ0v) is 13.4. The third-order valence-electron chi connectivity index (χ3n) is 4.44. The summed E-state index contributed by atoms with van der Waals surface area (Å²) in [5.41, 5.74) is -0.796. The summed E-state index contributed by atoms with van der Waals surface area (Å²) in [4.78, 5) is 36.8. The number of carbonyl (C=O) groups excluding carboxylic acids is 3. The predicted octanol–water partition coefficient (Wildman–Crippen LogP) is 1.65. The Kier molecular flexibility index (Phi) is 3.61. The van der Waals surface area contributed by atoms with Crippen LogP contribution in [0, 0.1) is 5.82 Å². The quantitative estimate of drug-likeness (QED) is 0.714. The van der Waals surface area contributed by atoms with E-state index < -0.39 is 35.3 Å². The minimum absolute atomic E-state index is 0.153. The van der Waals surface area contributed by atoms with E-state index in [1.165, 1.54) is 12.1 Å². The first-order valence-electron chi connectivity index (χ1n) is 7.94. The molecule has 7 nitrogen and oxygen atoms in total. The first-order valence-corrected chi connectivity index (χ1v) is 7.94. The Morgan fingerprint density at radius 2 is 1.96 bits per heavy atom. The number of benzene rings is 2. The molecule has 3 N–H and O–H groups in total. The first kappa shape index (κ1) is 16.1. The Morgan fingerprint density at radius 3 is 2.65 bits per heavy atom. The van der Waals surface area contributed by atoms with Crippen LogP contribution in [-0.2, 0) is 15.1 Å². The Hall–Kier alpha value is -3.42. The zero-order chi connectivity index (χ0) is 18.3. The van der Waals surface area contributed by atoms with Gasteiger partial charge < -0.3 is 15.4 Å². The molecule has 0 aliphatic carbocycles. The molecule has 8 heteroatoms. The van der Waals surface area contributed by atoms with Crippen molar-refractivity contribution in [3.63, 3.8) is 0 Å². The number of urea groups is 1. The van der Waals surface area contributed by atoms with Gasteiger partial charge in [-0.2, -0.15) is 0 Å². The van der Waals surface area contributed by atoms with Gasteiger partial charge in [0.1, 0.15) is 11.6 Å². The van der Waals surface area contributed by atoms with E-state index >= 15 is 0 Å². The normalized spacial score (nSPS) is 23.7. The van der Waals surface area contributed by atoms with Crippen LogP contribution < -0.4 is 20.7 Å². The maximum Gasteiger partial charge on any atom is 0.322 e. The molecule has 1 spiro atoms. The number of rotatable bonds is 2. The van der Waals surface area contributed by atoms with Crippen molar-refractivity contribution in [2.45, 2.75) is 18.1 Å². The molecule has 2 unspecified atom stereocenters. The number of ether oxygens (including phenoxy) is 1. The molecule has 0 bridgehead atoms. The van der Waals surface area contributed by atoms with E-state index in [0.717, 1.165) is 6.07 Å². The average Bonchev–Trinajstić information content (AvgIpc) is 2.90. The summed E-state index contributed by atoms with van der Waals surface area (Å²) in [7, 11) is 0. The first-order chi connectivity index (χ1) is 12.5. The van der Waals surface area contributed by atoms with Gasteiger partial charge in [-0.1, -0.05) is 18.2 Å². The van der Waals surface area contributed by atoms with Crippen molar-refractivity contribution in [2.24, 2.45) is 0 Å². The molecule has 1 fully saturated rings. The maximum absolute atomic E-state index is 13.7. The summed E-state index contributed by atoms with van der Waals surface area (Å²) in [5.74, 6) is -1.52. The van der Waals surface area contributed by atoms with Crippen LogP contribution in [0.5, 0.6) is 5.75 Å². The Morgan fingerprint density at radius 1 is 1.19 bits per heavy atom. The van der Waals surface area contributed by atoms with Crippen molar-refractivity contribution in [3.8, 4) is 5.75 Å². The summed E-state index contributed by atoms with van der Waals surface area (Å²) < 4.78 is 19.4. The monoisotopic (exact) mass is 355 g/mol. The topological polar surface area (TPSA) is 96.5 Å². The molecular weight excluding hydrogens is 341 g/mol. The van der Waals surface area contributed by atoms with Crippen molar-refractivity contribution in [1.29, 1.82) is 0 Å². The summed E-state index contributed by atoms with van der Waals surface area (Å²) in [6.07, 6.45) is -1.20. The van der Waals surface area contributed by atoms with E-state index in [-0.39, 0.29) is 17.7 Å². The molecule has 0 saturated carbocycles. The fraction of sp³-hybridized carbons (Fsp3) is 0.167. The number of halogens is 1. The van der Waals surface area contributed by atoms with E-state index in [4.69, 9.17) is 4.74 Å². The molecular formula is C18H14FN3O4. The summed E-state index contributed by atoms with van der Waals surface area (Å²) in [6.45, 7) is 0. The highest BCUT2D eigenvalue weighted by molar-refractivity contribution is 6.08. The van der Waals surface area contributed by atoms with Gasteiger partial charge >= 0.3 is 6.03 Å². The van der Waals surface area contributed by atoms with Crippen LogP contribution in [-0.4, -0.2) is 23.9 Å². The number of fused-ring (bicyclic) bond motifs is 2. The molecule has 2 aromatic carbocycles. The Labute approximate surface area is 147 Å². The molecule has 2 aromatic rings. The van der Waals surface area contributed by atoms with Crippen molar-refractivity contribution >= 4 is 23.5 Å². The number of nitrogens with one attached hydrogen (secondary N) is 3. The lowest BCUT2D eigenvalue weighted by molar-refractivity contribution is -0.129. The maximum atomic E-state index is 13.7. The summed E-state index contributed by atoms with van der Waals surface area (Å²) >= 11 is 0. The van der Waals surface area contributed by atoms with Gasteiger partial charge in [0.05, 0.1) is 0 Å². The van der Waals surface area contributed by atoms with Gasteiger partial charge in [-0.3, -0.25) is 14.9 Å². The molecule has 26 heavy (non-hydrogen) atoms. The molecule has 0 radical (unpaired) electrons. The lowest BCUT2D eigenvalue weighted by atomic mass is 9.81. The van der Waals surface area contributed by atoms with Crippen LogP contribution in [0.25, 0.3) is 0 Å². The van der Waals surface area contributed by atoms with E-state index in [1.807, 2.05) is 6.07 Å². The third kappa shape index (κ3) is 2.55. The molecule has 2 atom stereocenters. The third-order valence-corrected chi connectivity index (χ3v) is 4.44. The van der Waals surface area contributed by atoms with Gasteiger partial charge in [0.2, 0.25) is 0 Å². The van der Waals surface area contributed by atoms with E-state index in [0.29, 0.717) is 5.69 Å². The van der Waals surface area contributed by atoms with E-state index in [1.54, 1.807) is 24.3 Å². The lowest BCUT2D eigenvalue weighted by Gasteiger charge is -2.36. The van der Waals surface area contributed by atoms with Gasteiger partial charge in [-0.15, -0.1) is 0 Å². The molecule has 2 aliphatic rings. The minimum atomic E-state index is -1.55. The fourth-order valence-electron chi connectivity index (χ4n) is 3.24. The van der Waals surface area contributed by atoms with Gasteiger partial charge in [-0.05, 0) is 30.3 Å². The van der Waals surface area contributed by atoms with E-state index in [9.17, 15) is 18.8 Å². The van der Waals surface area contributed by atoms with Crippen LogP contribution in [0.3, 0.4) is 0 Å². The molecule has 4 amide bonds. The number of para-hydroxylation sites is 1. The number of imide groups is 1. The van der Waals surface area contributed by atoms with Gasteiger partial charge in [0, 0.05) is 17.7 Å². The lowest BCUT2D eigenvalue weighted by Crippen LogP contribution is -2.53. The molecule has 4 rings (SSSR count). The molecule has 1 saturated heterocycles. The van der Waals surface area contributed by atoms with E-state index in [2.05, 4.69) is 16.0 Å². The number of amides is 4. The van der Waals surface area contributed by atoms with Crippen LogP contribution in [0.1, 0.15) is 12.0 Å².